The van der Waals surface area contributed by atoms with Crippen molar-refractivity contribution in [2.75, 3.05) is 0 Å². The number of rotatable bonds is 4. The largest absolute Gasteiger partial charge is 0.349 e. The van der Waals surface area contributed by atoms with Gasteiger partial charge >= 0.3 is 0 Å². The van der Waals surface area contributed by atoms with Crippen LogP contribution in [0, 0.1) is 6.92 Å². The number of benzene rings is 1. The van der Waals surface area contributed by atoms with Crippen LogP contribution in [0.25, 0.3) is 21.9 Å². The highest BCUT2D eigenvalue weighted by atomic mass is 16.1. The van der Waals surface area contributed by atoms with E-state index in [0.29, 0.717) is 12.1 Å². The summed E-state index contributed by atoms with van der Waals surface area (Å²) in [5, 5.41) is 1.00. The summed E-state index contributed by atoms with van der Waals surface area (Å²) in [5.41, 5.74) is 3.42. The summed E-state index contributed by atoms with van der Waals surface area (Å²) in [6, 6.07) is 6.08. The van der Waals surface area contributed by atoms with Gasteiger partial charge in [-0.1, -0.05) is 11.6 Å². The number of aryl methyl sites for hydroxylation is 3. The molecule has 0 bridgehead atoms. The fourth-order valence-corrected chi connectivity index (χ4v) is 2.91. The average Bonchev–Trinajstić information content (AvgIpc) is 3.17. The van der Waals surface area contributed by atoms with Crippen LogP contribution >= 0.6 is 0 Å². The maximum atomic E-state index is 12.6. The Labute approximate surface area is 132 Å². The van der Waals surface area contributed by atoms with E-state index in [-0.39, 0.29) is 5.56 Å². The van der Waals surface area contributed by atoms with Crippen molar-refractivity contribution < 1.29 is 0 Å². The van der Waals surface area contributed by atoms with Gasteiger partial charge in [0.15, 0.2) is 0 Å². The monoisotopic (exact) mass is 307 g/mol. The van der Waals surface area contributed by atoms with Crippen molar-refractivity contribution in [3.63, 3.8) is 0 Å². The zero-order valence-electron chi connectivity index (χ0n) is 12.9. The van der Waals surface area contributed by atoms with E-state index in [9.17, 15) is 4.79 Å². The molecule has 0 unspecified atom stereocenters. The molecule has 4 aromatic rings. The maximum absolute atomic E-state index is 12.6. The number of imidazole rings is 1. The first kappa shape index (κ1) is 13.8. The zero-order chi connectivity index (χ0) is 15.8. The van der Waals surface area contributed by atoms with Crippen LogP contribution in [0.5, 0.6) is 0 Å². The first-order chi connectivity index (χ1) is 11.2. The van der Waals surface area contributed by atoms with Crippen LogP contribution in [0.4, 0.5) is 0 Å². The summed E-state index contributed by atoms with van der Waals surface area (Å²) >= 11 is 0. The summed E-state index contributed by atoms with van der Waals surface area (Å²) in [7, 11) is 0. The number of hydrogen-bond acceptors (Lipinski definition) is 3. The lowest BCUT2D eigenvalue weighted by atomic mass is 10.2. The van der Waals surface area contributed by atoms with E-state index in [0.717, 1.165) is 34.9 Å². The fraction of sp³-hybridized carbons (Fsp3) is 0.235. The molecule has 0 aliphatic rings. The second-order valence-electron chi connectivity index (χ2n) is 5.79. The fourth-order valence-electron chi connectivity index (χ4n) is 2.91. The standard InChI is InChI=1S/C17H17N5O/c1-12-3-4-14-13(9-12)15-16(20-14)17(23)22(11-19-15)7-2-6-21-8-5-18-10-21/h3-5,8-11,20H,2,6-7H2,1H3. The predicted octanol–water partition coefficient (Wildman–Crippen LogP) is 2.47. The third-order valence-electron chi connectivity index (χ3n) is 4.10. The molecule has 1 aromatic carbocycles. The molecule has 6 nitrogen and oxygen atoms in total. The average molecular weight is 307 g/mol. The molecule has 0 aliphatic carbocycles. The van der Waals surface area contributed by atoms with Gasteiger partial charge in [-0.05, 0) is 25.5 Å². The predicted molar refractivity (Wildman–Crippen MR) is 89.4 cm³/mol. The van der Waals surface area contributed by atoms with Gasteiger partial charge in [-0.15, -0.1) is 0 Å². The van der Waals surface area contributed by atoms with Crippen molar-refractivity contribution in [2.45, 2.75) is 26.4 Å². The normalized spacial score (nSPS) is 11.5. The summed E-state index contributed by atoms with van der Waals surface area (Å²) < 4.78 is 3.67. The van der Waals surface area contributed by atoms with Gasteiger partial charge in [0.05, 0.1) is 12.7 Å². The van der Waals surface area contributed by atoms with Crippen molar-refractivity contribution in [3.8, 4) is 0 Å². The number of aromatic amines is 1. The molecule has 1 N–H and O–H groups in total. The maximum Gasteiger partial charge on any atom is 0.277 e. The van der Waals surface area contributed by atoms with Crippen molar-refractivity contribution >= 4 is 21.9 Å². The van der Waals surface area contributed by atoms with Crippen molar-refractivity contribution in [1.82, 2.24) is 24.1 Å². The molecule has 0 fully saturated rings. The van der Waals surface area contributed by atoms with Crippen LogP contribution in [0.15, 0.2) is 48.0 Å². The highest BCUT2D eigenvalue weighted by Crippen LogP contribution is 2.22. The highest BCUT2D eigenvalue weighted by Gasteiger charge is 2.10. The summed E-state index contributed by atoms with van der Waals surface area (Å²) in [6.07, 6.45) is 7.96. The number of nitrogens with zero attached hydrogens (tertiary/aromatic N) is 4. The Morgan fingerprint density at radius 1 is 1.22 bits per heavy atom. The Morgan fingerprint density at radius 3 is 2.96 bits per heavy atom. The first-order valence-corrected chi connectivity index (χ1v) is 7.65. The van der Waals surface area contributed by atoms with Gasteiger partial charge in [-0.2, -0.15) is 0 Å². The van der Waals surface area contributed by atoms with Gasteiger partial charge in [0, 0.05) is 36.4 Å². The minimum absolute atomic E-state index is 0.0190. The number of nitrogens with one attached hydrogen (secondary N) is 1. The first-order valence-electron chi connectivity index (χ1n) is 7.65. The molecule has 0 radical (unpaired) electrons. The van der Waals surface area contributed by atoms with Crippen molar-refractivity contribution in [1.29, 1.82) is 0 Å². The summed E-state index contributed by atoms with van der Waals surface area (Å²) in [4.78, 5) is 24.4. The lowest BCUT2D eigenvalue weighted by Crippen LogP contribution is -2.21. The van der Waals surface area contributed by atoms with Crippen molar-refractivity contribution in [2.24, 2.45) is 0 Å². The molecule has 3 heterocycles. The molecule has 0 aliphatic heterocycles. The molecular formula is C17H17N5O. The van der Waals surface area contributed by atoms with Crippen LogP contribution in [0.2, 0.25) is 0 Å². The minimum Gasteiger partial charge on any atom is -0.349 e. The number of fused-ring (bicyclic) bond motifs is 3. The third kappa shape index (κ3) is 2.42. The lowest BCUT2D eigenvalue weighted by Gasteiger charge is -2.05. The molecule has 0 spiro atoms. The van der Waals surface area contributed by atoms with E-state index in [2.05, 4.69) is 21.0 Å². The molecule has 0 atom stereocenters. The quantitative estimate of drug-likeness (QED) is 0.630. The third-order valence-corrected chi connectivity index (χ3v) is 4.10. The van der Waals surface area contributed by atoms with E-state index in [1.54, 1.807) is 23.4 Å². The molecule has 0 saturated heterocycles. The van der Waals surface area contributed by atoms with Crippen LogP contribution in [0.3, 0.4) is 0 Å². The molecule has 23 heavy (non-hydrogen) atoms. The van der Waals surface area contributed by atoms with Gasteiger partial charge in [0.25, 0.3) is 5.56 Å². The molecular weight excluding hydrogens is 290 g/mol. The van der Waals surface area contributed by atoms with E-state index in [1.165, 1.54) is 0 Å². The Kier molecular flexibility index (Phi) is 3.22. The van der Waals surface area contributed by atoms with Crippen LogP contribution in [-0.4, -0.2) is 24.1 Å². The molecule has 116 valence electrons. The van der Waals surface area contributed by atoms with Gasteiger partial charge in [-0.3, -0.25) is 9.36 Å². The van der Waals surface area contributed by atoms with Gasteiger partial charge in [-0.25, -0.2) is 9.97 Å². The summed E-state index contributed by atoms with van der Waals surface area (Å²) in [5.74, 6) is 0. The zero-order valence-corrected chi connectivity index (χ0v) is 12.9. The number of hydrogen-bond donors (Lipinski definition) is 1. The van der Waals surface area contributed by atoms with E-state index < -0.39 is 0 Å². The van der Waals surface area contributed by atoms with E-state index >= 15 is 0 Å². The Morgan fingerprint density at radius 2 is 2.13 bits per heavy atom. The minimum atomic E-state index is -0.0190. The van der Waals surface area contributed by atoms with E-state index in [1.807, 2.05) is 29.8 Å². The van der Waals surface area contributed by atoms with E-state index in [4.69, 9.17) is 0 Å². The lowest BCUT2D eigenvalue weighted by molar-refractivity contribution is 0.550. The van der Waals surface area contributed by atoms with Gasteiger partial charge in [0.1, 0.15) is 11.0 Å². The molecule has 6 heteroatoms. The summed E-state index contributed by atoms with van der Waals surface area (Å²) in [6.45, 7) is 3.50. The Bertz CT molecular complexity index is 1030. The van der Waals surface area contributed by atoms with Gasteiger partial charge in [0.2, 0.25) is 0 Å². The second kappa shape index (κ2) is 5.39. The van der Waals surface area contributed by atoms with Crippen molar-refractivity contribution in [3.05, 3.63) is 59.2 Å². The molecule has 4 rings (SSSR count). The Hall–Kier alpha value is -2.89. The van der Waals surface area contributed by atoms with Crippen LogP contribution < -0.4 is 5.56 Å². The van der Waals surface area contributed by atoms with Gasteiger partial charge < -0.3 is 9.55 Å². The molecule has 3 aromatic heterocycles. The second-order valence-corrected chi connectivity index (χ2v) is 5.79. The smallest absolute Gasteiger partial charge is 0.277 e. The number of aromatic nitrogens is 5. The highest BCUT2D eigenvalue weighted by molar-refractivity contribution is 6.04. The Balaban J connectivity index is 1.67. The topological polar surface area (TPSA) is 68.5 Å². The SMILES string of the molecule is Cc1ccc2[nH]c3c(=O)n(CCCn4ccnc4)cnc3c2c1. The molecule has 0 amide bonds. The van der Waals surface area contributed by atoms with Crippen LogP contribution in [0.1, 0.15) is 12.0 Å². The number of H-pyrrole nitrogens is 1. The van der Waals surface area contributed by atoms with Crippen LogP contribution in [-0.2, 0) is 13.1 Å². The molecule has 0 saturated carbocycles.